The van der Waals surface area contributed by atoms with Gasteiger partial charge in [0.05, 0.1) is 0 Å². The van der Waals surface area contributed by atoms with Gasteiger partial charge in [-0.25, -0.2) is 4.79 Å². The first kappa shape index (κ1) is 10.3. The van der Waals surface area contributed by atoms with Crippen LogP contribution in [0.1, 0.15) is 15.9 Å². The van der Waals surface area contributed by atoms with Crippen LogP contribution in [0, 0.1) is 0 Å². The fourth-order valence-corrected chi connectivity index (χ4v) is 0.931. The van der Waals surface area contributed by atoms with E-state index >= 15 is 0 Å². The molecule has 1 rings (SSSR count). The zero-order chi connectivity index (χ0) is 10.8. The van der Waals surface area contributed by atoms with Crippen molar-refractivity contribution in [1.29, 1.82) is 0 Å². The maximum Gasteiger partial charge on any atom is 0.379 e. The van der Waals surface area contributed by atoms with Crippen LogP contribution in [0.4, 0.5) is 8.78 Å². The van der Waals surface area contributed by atoms with Gasteiger partial charge in [-0.2, -0.15) is 8.78 Å². The first-order valence-electron chi connectivity index (χ1n) is 3.65. The Morgan fingerprint density at radius 2 is 2.07 bits per heavy atom. The van der Waals surface area contributed by atoms with Gasteiger partial charge in [0.2, 0.25) is 0 Å². The zero-order valence-electron chi connectivity index (χ0n) is 6.91. The van der Waals surface area contributed by atoms with E-state index in [1.807, 2.05) is 0 Å². The molecule has 1 N–H and O–H groups in total. The summed E-state index contributed by atoms with van der Waals surface area (Å²) in [5.41, 5.74) is -0.682. The fraction of sp³-hybridized carbons (Fsp3) is 0.111. The molecule has 0 spiro atoms. The van der Waals surface area contributed by atoms with Gasteiger partial charge in [-0.05, 0) is 6.07 Å². The summed E-state index contributed by atoms with van der Waals surface area (Å²) in [4.78, 5) is 20.4. The van der Waals surface area contributed by atoms with Crippen LogP contribution in [0.2, 0.25) is 0 Å². The van der Waals surface area contributed by atoms with Gasteiger partial charge in [-0.1, -0.05) is 18.2 Å². The lowest BCUT2D eigenvalue weighted by Gasteiger charge is -2.10. The number of aliphatic carboxylic acids is 1. The van der Waals surface area contributed by atoms with E-state index < -0.39 is 17.5 Å². The number of halogens is 2. The summed E-state index contributed by atoms with van der Waals surface area (Å²) >= 11 is 0. The molecule has 0 saturated heterocycles. The third-order valence-electron chi connectivity index (χ3n) is 1.65. The predicted molar refractivity (Wildman–Crippen MR) is 43.4 cm³/mol. The number of carboxylic acids is 1. The number of hydrogen-bond donors (Lipinski definition) is 1. The van der Waals surface area contributed by atoms with Gasteiger partial charge in [0.1, 0.15) is 6.29 Å². The predicted octanol–water partition coefficient (Wildman–Crippen LogP) is 1.68. The van der Waals surface area contributed by atoms with Gasteiger partial charge < -0.3 is 5.11 Å². The summed E-state index contributed by atoms with van der Waals surface area (Å²) in [5, 5.41) is 8.22. The van der Waals surface area contributed by atoms with E-state index in [0.717, 1.165) is 12.1 Å². The lowest BCUT2D eigenvalue weighted by Crippen LogP contribution is -2.25. The normalized spacial score (nSPS) is 11.0. The Bertz CT molecular complexity index is 374. The van der Waals surface area contributed by atoms with Crippen molar-refractivity contribution in [3.63, 3.8) is 0 Å². The molecule has 0 saturated carbocycles. The second-order valence-corrected chi connectivity index (χ2v) is 2.62. The van der Waals surface area contributed by atoms with Crippen LogP contribution in [0.25, 0.3) is 0 Å². The Labute approximate surface area is 78.0 Å². The highest BCUT2D eigenvalue weighted by Crippen LogP contribution is 2.28. The average molecular weight is 200 g/mol. The van der Waals surface area contributed by atoms with Crippen molar-refractivity contribution in [1.82, 2.24) is 0 Å². The van der Waals surface area contributed by atoms with Crippen molar-refractivity contribution in [2.75, 3.05) is 0 Å². The summed E-state index contributed by atoms with van der Waals surface area (Å²) in [7, 11) is 0. The van der Waals surface area contributed by atoms with E-state index in [9.17, 15) is 18.4 Å². The fourth-order valence-electron chi connectivity index (χ4n) is 0.931. The molecule has 14 heavy (non-hydrogen) atoms. The van der Waals surface area contributed by atoms with Crippen molar-refractivity contribution >= 4 is 12.3 Å². The number of carbonyl (C=O) groups is 2. The molecular formula is C9H6F2O3. The lowest BCUT2D eigenvalue weighted by molar-refractivity contribution is -0.166. The van der Waals surface area contributed by atoms with Crippen LogP contribution in [-0.2, 0) is 10.7 Å². The number of carbonyl (C=O) groups excluding carboxylic acids is 1. The molecule has 1 aromatic rings. The number of aldehydes is 1. The molecule has 1 aromatic carbocycles. The van der Waals surface area contributed by atoms with E-state index in [1.54, 1.807) is 0 Å². The highest BCUT2D eigenvalue weighted by molar-refractivity contribution is 5.80. The Balaban J connectivity index is 3.18. The Kier molecular flexibility index (Phi) is 2.60. The first-order valence-corrected chi connectivity index (χ1v) is 3.65. The highest BCUT2D eigenvalue weighted by atomic mass is 19.3. The van der Waals surface area contributed by atoms with E-state index in [0.29, 0.717) is 6.29 Å². The van der Waals surface area contributed by atoms with Gasteiger partial charge in [0, 0.05) is 11.1 Å². The molecule has 0 unspecified atom stereocenters. The van der Waals surface area contributed by atoms with Gasteiger partial charge >= 0.3 is 11.9 Å². The second-order valence-electron chi connectivity index (χ2n) is 2.62. The minimum atomic E-state index is -3.96. The molecule has 74 valence electrons. The average Bonchev–Trinajstić information content (AvgIpc) is 2.17. The minimum absolute atomic E-state index is 0.0171. The van der Waals surface area contributed by atoms with Crippen LogP contribution in [0.5, 0.6) is 0 Å². The molecule has 0 aliphatic carbocycles. The SMILES string of the molecule is O=Cc1cccc(C(F)(F)C(=O)O)c1. The standard InChI is InChI=1S/C9H6F2O3/c10-9(11,8(13)14)7-3-1-2-6(4-7)5-12/h1-5H,(H,13,14). The third kappa shape index (κ3) is 1.76. The lowest BCUT2D eigenvalue weighted by atomic mass is 10.1. The molecule has 0 radical (unpaired) electrons. The smallest absolute Gasteiger partial charge is 0.379 e. The molecule has 5 heteroatoms. The van der Waals surface area contributed by atoms with Crippen LogP contribution in [0.15, 0.2) is 24.3 Å². The maximum atomic E-state index is 12.9. The Morgan fingerprint density at radius 1 is 1.43 bits per heavy atom. The summed E-state index contributed by atoms with van der Waals surface area (Å²) in [6, 6.07) is 4.33. The second kappa shape index (κ2) is 3.53. The number of alkyl halides is 2. The monoisotopic (exact) mass is 200 g/mol. The number of hydrogen-bond acceptors (Lipinski definition) is 2. The molecule has 0 aromatic heterocycles. The molecule has 0 bridgehead atoms. The number of carboxylic acid groups (broad SMARTS) is 1. The van der Waals surface area contributed by atoms with E-state index in [4.69, 9.17) is 5.11 Å². The Morgan fingerprint density at radius 3 is 2.57 bits per heavy atom. The van der Waals surface area contributed by atoms with E-state index in [-0.39, 0.29) is 5.56 Å². The van der Waals surface area contributed by atoms with Crippen LogP contribution >= 0.6 is 0 Å². The van der Waals surface area contributed by atoms with Gasteiger partial charge in [0.25, 0.3) is 0 Å². The minimum Gasteiger partial charge on any atom is -0.477 e. The summed E-state index contributed by atoms with van der Waals surface area (Å²) < 4.78 is 25.8. The quantitative estimate of drug-likeness (QED) is 0.755. The third-order valence-corrected chi connectivity index (χ3v) is 1.65. The maximum absolute atomic E-state index is 12.9. The molecule has 0 fully saturated rings. The summed E-state index contributed by atoms with van der Waals surface area (Å²) in [5.74, 6) is -6.19. The van der Waals surface area contributed by atoms with E-state index in [1.165, 1.54) is 12.1 Å². The van der Waals surface area contributed by atoms with Crippen LogP contribution in [0.3, 0.4) is 0 Å². The van der Waals surface area contributed by atoms with Crippen molar-refractivity contribution in [3.05, 3.63) is 35.4 Å². The number of benzene rings is 1. The van der Waals surface area contributed by atoms with Crippen molar-refractivity contribution in [2.45, 2.75) is 5.92 Å². The topological polar surface area (TPSA) is 54.4 Å². The molecule has 0 amide bonds. The summed E-state index contributed by atoms with van der Waals surface area (Å²) in [6.07, 6.45) is 0.376. The van der Waals surface area contributed by atoms with Gasteiger partial charge in [-0.3, -0.25) is 4.79 Å². The summed E-state index contributed by atoms with van der Waals surface area (Å²) in [6.45, 7) is 0. The molecular weight excluding hydrogens is 194 g/mol. The van der Waals surface area contributed by atoms with Gasteiger partial charge in [0.15, 0.2) is 0 Å². The molecule has 0 heterocycles. The first-order chi connectivity index (χ1) is 6.48. The van der Waals surface area contributed by atoms with Crippen molar-refractivity contribution in [2.24, 2.45) is 0 Å². The zero-order valence-corrected chi connectivity index (χ0v) is 6.91. The Hall–Kier alpha value is -1.78. The van der Waals surface area contributed by atoms with Crippen molar-refractivity contribution in [3.8, 4) is 0 Å². The largest absolute Gasteiger partial charge is 0.477 e. The number of rotatable bonds is 3. The molecule has 3 nitrogen and oxygen atoms in total. The van der Waals surface area contributed by atoms with Crippen LogP contribution < -0.4 is 0 Å². The highest BCUT2D eigenvalue weighted by Gasteiger charge is 2.40. The van der Waals surface area contributed by atoms with Crippen LogP contribution in [-0.4, -0.2) is 17.4 Å². The van der Waals surface area contributed by atoms with Gasteiger partial charge in [-0.15, -0.1) is 0 Å². The molecule has 0 aliphatic heterocycles. The molecule has 0 atom stereocenters. The van der Waals surface area contributed by atoms with E-state index in [2.05, 4.69) is 0 Å². The molecule has 0 aliphatic rings. The van der Waals surface area contributed by atoms with Crippen molar-refractivity contribution < 1.29 is 23.5 Å².